The quantitative estimate of drug-likeness (QED) is 0.497. The molecule has 56 valence electrons. The third-order valence-corrected chi connectivity index (χ3v) is 1.34. The number of hydrogen-bond acceptors (Lipinski definition) is 2. The van der Waals surface area contributed by atoms with Crippen LogP contribution in [0, 0.1) is 0 Å². The summed E-state index contributed by atoms with van der Waals surface area (Å²) in [4.78, 5) is 10.9. The van der Waals surface area contributed by atoms with Gasteiger partial charge in [0.05, 0.1) is 6.61 Å². The first-order valence-corrected chi connectivity index (χ1v) is 3.15. The second kappa shape index (κ2) is 2.09. The third kappa shape index (κ3) is 1.36. The molecule has 1 amide bonds. The van der Waals surface area contributed by atoms with Crippen LogP contribution in [-0.4, -0.2) is 18.2 Å². The van der Waals surface area contributed by atoms with Gasteiger partial charge in [-0.15, -0.1) is 0 Å². The smallest absolute Gasteiger partial charge is 0.251 e. The van der Waals surface area contributed by atoms with Gasteiger partial charge < -0.3 is 10.1 Å². The minimum Gasteiger partial charge on any atom is -0.352 e. The van der Waals surface area contributed by atoms with Gasteiger partial charge in [0.25, 0.3) is 5.91 Å². The zero-order chi connectivity index (χ0) is 7.78. The summed E-state index contributed by atoms with van der Waals surface area (Å²) < 4.78 is 5.22. The van der Waals surface area contributed by atoms with Gasteiger partial charge in [-0.05, 0) is 13.8 Å². The maximum atomic E-state index is 10.9. The average Bonchev–Trinajstić information content (AvgIpc) is 1.79. The summed E-state index contributed by atoms with van der Waals surface area (Å²) in [7, 11) is 0. The highest BCUT2D eigenvalue weighted by Crippen LogP contribution is 2.12. The Morgan fingerprint density at radius 3 is 2.70 bits per heavy atom. The van der Waals surface area contributed by atoms with Crippen LogP contribution in [0.1, 0.15) is 13.8 Å². The van der Waals surface area contributed by atoms with E-state index in [1.54, 1.807) is 13.8 Å². The molecule has 0 aromatic carbocycles. The normalized spacial score (nSPS) is 24.2. The molecule has 0 aliphatic carbocycles. The zero-order valence-corrected chi connectivity index (χ0v) is 6.23. The van der Waals surface area contributed by atoms with Crippen molar-refractivity contribution in [2.45, 2.75) is 19.6 Å². The summed E-state index contributed by atoms with van der Waals surface area (Å²) in [6, 6.07) is 0. The minimum atomic E-state index is -0.529. The van der Waals surface area contributed by atoms with E-state index < -0.39 is 5.72 Å². The topological polar surface area (TPSA) is 38.3 Å². The van der Waals surface area contributed by atoms with Gasteiger partial charge in [0.2, 0.25) is 0 Å². The van der Waals surface area contributed by atoms with Crippen LogP contribution in [0.4, 0.5) is 0 Å². The van der Waals surface area contributed by atoms with Crippen LogP contribution in [0.3, 0.4) is 0 Å². The Balaban J connectivity index is 2.66. The van der Waals surface area contributed by atoms with E-state index in [9.17, 15) is 4.79 Å². The van der Waals surface area contributed by atoms with E-state index in [1.165, 1.54) is 0 Å². The highest BCUT2D eigenvalue weighted by Gasteiger charge is 2.27. The molecule has 3 nitrogen and oxygen atoms in total. The van der Waals surface area contributed by atoms with Crippen molar-refractivity contribution in [3.05, 3.63) is 12.2 Å². The van der Waals surface area contributed by atoms with Gasteiger partial charge >= 0.3 is 0 Å². The van der Waals surface area contributed by atoms with Crippen LogP contribution in [-0.2, 0) is 9.53 Å². The second-order valence-corrected chi connectivity index (χ2v) is 2.86. The molecule has 0 saturated carbocycles. The first kappa shape index (κ1) is 7.28. The molecule has 10 heavy (non-hydrogen) atoms. The van der Waals surface area contributed by atoms with Crippen molar-refractivity contribution < 1.29 is 9.53 Å². The van der Waals surface area contributed by atoms with E-state index >= 15 is 0 Å². The lowest BCUT2D eigenvalue weighted by atomic mass is 10.2. The lowest BCUT2D eigenvalue weighted by molar-refractivity contribution is -0.134. The molecule has 1 saturated heterocycles. The second-order valence-electron chi connectivity index (χ2n) is 2.86. The van der Waals surface area contributed by atoms with E-state index in [-0.39, 0.29) is 5.91 Å². The van der Waals surface area contributed by atoms with Gasteiger partial charge in [-0.2, -0.15) is 0 Å². The van der Waals surface area contributed by atoms with Crippen molar-refractivity contribution in [3.8, 4) is 0 Å². The SMILES string of the molecule is C=C1COC(C)(C)NC1=O. The highest BCUT2D eigenvalue weighted by atomic mass is 16.5. The fourth-order valence-electron chi connectivity index (χ4n) is 0.731. The molecular weight excluding hydrogens is 130 g/mol. The van der Waals surface area contributed by atoms with Crippen molar-refractivity contribution >= 4 is 5.91 Å². The molecule has 1 aliphatic rings. The van der Waals surface area contributed by atoms with Crippen LogP contribution < -0.4 is 5.32 Å². The summed E-state index contributed by atoms with van der Waals surface area (Å²) in [6.45, 7) is 7.46. The fraction of sp³-hybridized carbons (Fsp3) is 0.571. The molecule has 0 atom stereocenters. The maximum Gasteiger partial charge on any atom is 0.251 e. The fourth-order valence-corrected chi connectivity index (χ4v) is 0.731. The predicted molar refractivity (Wildman–Crippen MR) is 37.3 cm³/mol. The number of ether oxygens (including phenoxy) is 1. The maximum absolute atomic E-state index is 10.9. The number of nitrogens with one attached hydrogen (secondary N) is 1. The Morgan fingerprint density at radius 2 is 2.30 bits per heavy atom. The Bertz CT molecular complexity index is 184. The van der Waals surface area contributed by atoms with Gasteiger partial charge in [0.1, 0.15) is 5.72 Å². The summed E-state index contributed by atoms with van der Waals surface area (Å²) in [5.41, 5.74) is -0.0440. The summed E-state index contributed by atoms with van der Waals surface area (Å²) in [6.07, 6.45) is 0. The summed E-state index contributed by atoms with van der Waals surface area (Å²) in [5, 5.41) is 2.64. The van der Waals surface area contributed by atoms with Crippen LogP contribution in [0.25, 0.3) is 0 Å². The van der Waals surface area contributed by atoms with Crippen LogP contribution in [0.2, 0.25) is 0 Å². The molecule has 3 heteroatoms. The molecule has 1 heterocycles. The van der Waals surface area contributed by atoms with Crippen LogP contribution in [0.5, 0.6) is 0 Å². The average molecular weight is 141 g/mol. The van der Waals surface area contributed by atoms with Crippen molar-refractivity contribution in [2.75, 3.05) is 6.61 Å². The van der Waals surface area contributed by atoms with Crippen LogP contribution in [0.15, 0.2) is 12.2 Å². The van der Waals surface area contributed by atoms with E-state index in [0.717, 1.165) is 0 Å². The van der Waals surface area contributed by atoms with E-state index in [1.807, 2.05) is 0 Å². The largest absolute Gasteiger partial charge is 0.352 e. The van der Waals surface area contributed by atoms with Gasteiger partial charge in [-0.25, -0.2) is 0 Å². The Kier molecular flexibility index (Phi) is 1.52. The molecular formula is C7H11NO2. The monoisotopic (exact) mass is 141 g/mol. The Hall–Kier alpha value is -0.830. The van der Waals surface area contributed by atoms with Gasteiger partial charge in [0, 0.05) is 5.57 Å². The highest BCUT2D eigenvalue weighted by molar-refractivity contribution is 5.93. The van der Waals surface area contributed by atoms with Gasteiger partial charge in [0.15, 0.2) is 0 Å². The summed E-state index contributed by atoms with van der Waals surface area (Å²) in [5.74, 6) is -0.115. The van der Waals surface area contributed by atoms with Crippen molar-refractivity contribution in [2.24, 2.45) is 0 Å². The molecule has 0 aromatic heterocycles. The van der Waals surface area contributed by atoms with E-state index in [2.05, 4.69) is 11.9 Å². The predicted octanol–water partition coefficient (Wildman–Crippen LogP) is 0.425. The van der Waals surface area contributed by atoms with Crippen molar-refractivity contribution in [1.29, 1.82) is 0 Å². The number of hydrogen-bond donors (Lipinski definition) is 1. The lowest BCUT2D eigenvalue weighted by Gasteiger charge is -2.31. The van der Waals surface area contributed by atoms with E-state index in [0.29, 0.717) is 12.2 Å². The number of carbonyl (C=O) groups excluding carboxylic acids is 1. The molecule has 0 aromatic rings. The van der Waals surface area contributed by atoms with Crippen molar-refractivity contribution in [3.63, 3.8) is 0 Å². The minimum absolute atomic E-state index is 0.115. The standard InChI is InChI=1S/C7H11NO2/c1-5-4-10-7(2,3)8-6(5)9/h1,4H2,2-3H3,(H,8,9). The molecule has 0 unspecified atom stereocenters. The Morgan fingerprint density at radius 1 is 1.70 bits per heavy atom. The lowest BCUT2D eigenvalue weighted by Crippen LogP contribution is -2.51. The molecule has 1 rings (SSSR count). The van der Waals surface area contributed by atoms with E-state index in [4.69, 9.17) is 4.74 Å². The van der Waals surface area contributed by atoms with Crippen molar-refractivity contribution in [1.82, 2.24) is 5.32 Å². The third-order valence-electron chi connectivity index (χ3n) is 1.34. The number of rotatable bonds is 0. The number of carbonyl (C=O) groups is 1. The Labute approximate surface area is 60.1 Å². The van der Waals surface area contributed by atoms with Crippen LogP contribution >= 0.6 is 0 Å². The first-order chi connectivity index (χ1) is 4.51. The molecule has 0 bridgehead atoms. The molecule has 1 fully saturated rings. The molecule has 1 aliphatic heterocycles. The zero-order valence-electron chi connectivity index (χ0n) is 6.23. The molecule has 0 spiro atoms. The summed E-state index contributed by atoms with van der Waals surface area (Å²) >= 11 is 0. The number of amides is 1. The van der Waals surface area contributed by atoms with Gasteiger partial charge in [-0.1, -0.05) is 6.58 Å². The van der Waals surface area contributed by atoms with Gasteiger partial charge in [-0.3, -0.25) is 4.79 Å². The molecule has 0 radical (unpaired) electrons. The molecule has 1 N–H and O–H groups in total. The first-order valence-electron chi connectivity index (χ1n) is 3.15.